The van der Waals surface area contributed by atoms with Crippen LogP contribution in [0, 0.1) is 21.8 Å². The van der Waals surface area contributed by atoms with Crippen molar-refractivity contribution in [2.75, 3.05) is 0 Å². The van der Waals surface area contributed by atoms with Crippen LogP contribution in [0.3, 0.4) is 0 Å². The molecule has 0 spiro atoms. The molecule has 0 saturated heterocycles. The highest BCUT2D eigenvalue weighted by Gasteiger charge is 2.07. The van der Waals surface area contributed by atoms with Gasteiger partial charge in [0, 0.05) is 9.13 Å². The molecule has 0 aliphatic rings. The summed E-state index contributed by atoms with van der Waals surface area (Å²) in [6, 6.07) is 5.88. The first-order valence-electron chi connectivity index (χ1n) is 3.49. The lowest BCUT2D eigenvalue weighted by molar-refractivity contribution is 0.280. The second-order valence-corrected chi connectivity index (χ2v) is 3.65. The summed E-state index contributed by atoms with van der Waals surface area (Å²) in [5.41, 5.74) is 2.25. The lowest BCUT2D eigenvalue weighted by Gasteiger charge is -2.05. The fourth-order valence-corrected chi connectivity index (χ4v) is 1.67. The van der Waals surface area contributed by atoms with Gasteiger partial charge in [-0.05, 0) is 41.1 Å². The monoisotopic (exact) mass is 273 g/mol. The summed E-state index contributed by atoms with van der Waals surface area (Å²) < 4.78 is 0.942. The van der Waals surface area contributed by atoms with E-state index in [0.717, 1.165) is 14.7 Å². The average Bonchev–Trinajstić information content (AvgIpc) is 2.08. The number of aryl methyl sites for hydroxylation is 1. The van der Waals surface area contributed by atoms with Crippen molar-refractivity contribution in [1.82, 2.24) is 0 Å². The number of aliphatic hydroxyl groups is 1. The van der Waals surface area contributed by atoms with E-state index in [9.17, 15) is 0 Å². The summed E-state index contributed by atoms with van der Waals surface area (Å²) in [6.07, 6.45) is 0. The number of benzene rings is 1. The van der Waals surface area contributed by atoms with Crippen molar-refractivity contribution in [1.29, 1.82) is 5.26 Å². The van der Waals surface area contributed by atoms with Crippen LogP contribution in [-0.4, -0.2) is 5.11 Å². The highest BCUT2D eigenvalue weighted by atomic mass is 127. The van der Waals surface area contributed by atoms with Crippen LogP contribution in [0.5, 0.6) is 0 Å². The third-order valence-corrected chi connectivity index (χ3v) is 2.74. The van der Waals surface area contributed by atoms with Gasteiger partial charge < -0.3 is 5.11 Å². The Morgan fingerprint density at radius 2 is 2.25 bits per heavy atom. The first-order chi connectivity index (χ1) is 5.70. The van der Waals surface area contributed by atoms with Gasteiger partial charge in [-0.15, -0.1) is 0 Å². The van der Waals surface area contributed by atoms with Gasteiger partial charge >= 0.3 is 0 Å². The van der Waals surface area contributed by atoms with Crippen LogP contribution in [0.25, 0.3) is 0 Å². The number of nitrogens with zero attached hydrogens (tertiary/aromatic N) is 1. The molecule has 0 saturated carbocycles. The molecule has 3 heteroatoms. The van der Waals surface area contributed by atoms with Crippen molar-refractivity contribution in [3.8, 4) is 6.07 Å². The van der Waals surface area contributed by atoms with Gasteiger partial charge in [-0.1, -0.05) is 6.07 Å². The molecule has 12 heavy (non-hydrogen) atoms. The Morgan fingerprint density at radius 3 is 2.67 bits per heavy atom. The topological polar surface area (TPSA) is 44.0 Å². The highest BCUT2D eigenvalue weighted by Crippen LogP contribution is 2.19. The Balaban J connectivity index is 3.41. The van der Waals surface area contributed by atoms with Crippen LogP contribution in [-0.2, 0) is 6.61 Å². The van der Waals surface area contributed by atoms with E-state index in [4.69, 9.17) is 10.4 Å². The van der Waals surface area contributed by atoms with Gasteiger partial charge in [0.05, 0.1) is 18.2 Å². The van der Waals surface area contributed by atoms with Gasteiger partial charge in [0.1, 0.15) is 0 Å². The maximum atomic E-state index is 9.00. The van der Waals surface area contributed by atoms with Crippen molar-refractivity contribution < 1.29 is 5.11 Å². The van der Waals surface area contributed by atoms with E-state index in [-0.39, 0.29) is 6.61 Å². The van der Waals surface area contributed by atoms with Crippen molar-refractivity contribution in [2.45, 2.75) is 13.5 Å². The van der Waals surface area contributed by atoms with Crippen LogP contribution in [0.4, 0.5) is 0 Å². The minimum atomic E-state index is -0.0666. The third-order valence-electron chi connectivity index (χ3n) is 1.73. The third kappa shape index (κ3) is 1.59. The molecule has 0 unspecified atom stereocenters. The summed E-state index contributed by atoms with van der Waals surface area (Å²) in [5.74, 6) is 0. The highest BCUT2D eigenvalue weighted by molar-refractivity contribution is 14.1. The predicted octanol–water partition coefficient (Wildman–Crippen LogP) is 1.96. The lowest BCUT2D eigenvalue weighted by Crippen LogP contribution is -1.96. The molecule has 0 aliphatic heterocycles. The molecule has 1 aromatic carbocycles. The van der Waals surface area contributed by atoms with Crippen LogP contribution >= 0.6 is 22.6 Å². The smallest absolute Gasteiger partial charge is 0.0998 e. The van der Waals surface area contributed by atoms with E-state index in [0.29, 0.717) is 5.56 Å². The van der Waals surface area contributed by atoms with E-state index >= 15 is 0 Å². The van der Waals surface area contributed by atoms with Crippen LogP contribution < -0.4 is 0 Å². The van der Waals surface area contributed by atoms with E-state index in [1.807, 2.05) is 19.1 Å². The van der Waals surface area contributed by atoms with Crippen molar-refractivity contribution in [3.05, 3.63) is 32.4 Å². The standard InChI is InChI=1S/C9H8INO/c1-6-2-3-9(10)8(5-12)7(6)4-11/h2-3,12H,5H2,1H3. The summed E-state index contributed by atoms with van der Waals surface area (Å²) in [4.78, 5) is 0. The zero-order valence-corrected chi connectivity index (χ0v) is 8.79. The van der Waals surface area contributed by atoms with Crippen molar-refractivity contribution in [2.24, 2.45) is 0 Å². The molecule has 0 fully saturated rings. The van der Waals surface area contributed by atoms with E-state index < -0.39 is 0 Å². The Kier molecular flexibility index (Phi) is 3.06. The summed E-state index contributed by atoms with van der Waals surface area (Å²) in [6.45, 7) is 1.80. The van der Waals surface area contributed by atoms with E-state index in [1.165, 1.54) is 0 Å². The van der Waals surface area contributed by atoms with Crippen LogP contribution in [0.1, 0.15) is 16.7 Å². The quantitative estimate of drug-likeness (QED) is 0.795. The van der Waals surface area contributed by atoms with Crippen molar-refractivity contribution in [3.63, 3.8) is 0 Å². The lowest BCUT2D eigenvalue weighted by atomic mass is 10.0. The summed E-state index contributed by atoms with van der Waals surface area (Å²) in [5, 5.41) is 17.8. The van der Waals surface area contributed by atoms with E-state index in [1.54, 1.807) is 0 Å². The van der Waals surface area contributed by atoms with Gasteiger partial charge in [0.2, 0.25) is 0 Å². The molecule has 1 N–H and O–H groups in total. The molecule has 0 atom stereocenters. The van der Waals surface area contributed by atoms with Gasteiger partial charge in [-0.3, -0.25) is 0 Å². The summed E-state index contributed by atoms with van der Waals surface area (Å²) >= 11 is 2.11. The zero-order valence-electron chi connectivity index (χ0n) is 6.63. The molecule has 0 radical (unpaired) electrons. The van der Waals surface area contributed by atoms with Gasteiger partial charge in [0.25, 0.3) is 0 Å². The normalized spacial score (nSPS) is 9.50. The molecule has 0 amide bonds. The summed E-state index contributed by atoms with van der Waals surface area (Å²) in [7, 11) is 0. The number of rotatable bonds is 1. The number of hydrogen-bond acceptors (Lipinski definition) is 2. The molecule has 0 aromatic heterocycles. The van der Waals surface area contributed by atoms with Crippen LogP contribution in [0.2, 0.25) is 0 Å². The second kappa shape index (κ2) is 3.87. The van der Waals surface area contributed by atoms with E-state index in [2.05, 4.69) is 28.7 Å². The fraction of sp³-hybridized carbons (Fsp3) is 0.222. The predicted molar refractivity (Wildman–Crippen MR) is 54.5 cm³/mol. The first kappa shape index (κ1) is 9.49. The molecule has 0 heterocycles. The maximum Gasteiger partial charge on any atom is 0.0998 e. The number of nitriles is 1. The fourth-order valence-electron chi connectivity index (χ4n) is 1.05. The van der Waals surface area contributed by atoms with Crippen LogP contribution in [0.15, 0.2) is 12.1 Å². The van der Waals surface area contributed by atoms with Gasteiger partial charge in [-0.2, -0.15) is 5.26 Å². The zero-order chi connectivity index (χ0) is 9.14. The van der Waals surface area contributed by atoms with Crippen molar-refractivity contribution >= 4 is 22.6 Å². The average molecular weight is 273 g/mol. The molecule has 1 rings (SSSR count). The Hall–Kier alpha value is -0.600. The Morgan fingerprint density at radius 1 is 1.58 bits per heavy atom. The molecule has 0 bridgehead atoms. The second-order valence-electron chi connectivity index (χ2n) is 2.49. The van der Waals surface area contributed by atoms with Gasteiger partial charge in [0.15, 0.2) is 0 Å². The minimum absolute atomic E-state index is 0.0666. The Bertz CT molecular complexity index is 341. The molecule has 2 nitrogen and oxygen atoms in total. The number of hydrogen-bond donors (Lipinski definition) is 1. The number of halogens is 1. The minimum Gasteiger partial charge on any atom is -0.392 e. The largest absolute Gasteiger partial charge is 0.392 e. The molecule has 1 aromatic rings. The SMILES string of the molecule is Cc1ccc(I)c(CO)c1C#N. The maximum absolute atomic E-state index is 9.00. The van der Waals surface area contributed by atoms with Gasteiger partial charge in [-0.25, -0.2) is 0 Å². The molecule has 0 aliphatic carbocycles. The molecular weight excluding hydrogens is 265 g/mol. The first-order valence-corrected chi connectivity index (χ1v) is 4.57. The number of aliphatic hydroxyl groups excluding tert-OH is 1. The molecular formula is C9H8INO. The molecule has 62 valence electrons. The Labute approximate surface area is 85.0 Å².